The number of carbonyl (C=O) groups is 1. The summed E-state index contributed by atoms with van der Waals surface area (Å²) >= 11 is 0. The third-order valence-corrected chi connectivity index (χ3v) is 2.71. The summed E-state index contributed by atoms with van der Waals surface area (Å²) < 4.78 is 10.3. The second-order valence-electron chi connectivity index (χ2n) is 4.09. The number of nitrogens with two attached hydrogens (primary N) is 1. The molecule has 0 radical (unpaired) electrons. The number of nitrogens with zero attached hydrogens (tertiary/aromatic N) is 1. The van der Waals surface area contributed by atoms with Crippen molar-refractivity contribution in [2.75, 3.05) is 30.6 Å². The predicted molar refractivity (Wildman–Crippen MR) is 80.8 cm³/mol. The highest BCUT2D eigenvalue weighted by Gasteiger charge is 2.11. The van der Waals surface area contributed by atoms with E-state index in [0.29, 0.717) is 28.7 Å². The summed E-state index contributed by atoms with van der Waals surface area (Å²) in [5, 5.41) is 5.23. The molecule has 0 aliphatic carbocycles. The summed E-state index contributed by atoms with van der Waals surface area (Å²) in [5.74, 6) is 1.40. The van der Waals surface area contributed by atoms with Gasteiger partial charge in [-0.1, -0.05) is 6.07 Å². The Bertz CT molecular complexity index is 632. The minimum Gasteiger partial charge on any atom is -0.493 e. The lowest BCUT2D eigenvalue weighted by Gasteiger charge is -2.13. The van der Waals surface area contributed by atoms with Gasteiger partial charge < -0.3 is 20.5 Å². The number of ether oxygens (including phenoxy) is 2. The number of pyridine rings is 1. The monoisotopic (exact) mass is 288 g/mol. The molecule has 2 amide bonds. The van der Waals surface area contributed by atoms with Gasteiger partial charge in [-0.15, -0.1) is 0 Å². The van der Waals surface area contributed by atoms with Crippen LogP contribution in [-0.4, -0.2) is 25.2 Å². The molecular formula is C14H16N4O3. The van der Waals surface area contributed by atoms with Crippen LogP contribution >= 0.6 is 0 Å². The molecule has 110 valence electrons. The molecule has 0 fully saturated rings. The van der Waals surface area contributed by atoms with Crippen LogP contribution in [-0.2, 0) is 0 Å². The average molecular weight is 288 g/mol. The van der Waals surface area contributed by atoms with Crippen LogP contribution in [0.5, 0.6) is 11.5 Å². The van der Waals surface area contributed by atoms with Crippen molar-refractivity contribution in [1.29, 1.82) is 0 Å². The number of nitrogen functional groups attached to an aromatic ring is 1. The smallest absolute Gasteiger partial charge is 0.324 e. The number of hydrogen-bond donors (Lipinski definition) is 3. The highest BCUT2D eigenvalue weighted by molar-refractivity contribution is 6.01. The highest BCUT2D eigenvalue weighted by Crippen LogP contribution is 2.34. The number of carbonyl (C=O) groups excluding carboxylic acids is 1. The summed E-state index contributed by atoms with van der Waals surface area (Å²) in [4.78, 5) is 15.9. The third-order valence-electron chi connectivity index (χ3n) is 2.71. The van der Waals surface area contributed by atoms with Crippen molar-refractivity contribution in [1.82, 2.24) is 4.98 Å². The number of rotatable bonds is 4. The van der Waals surface area contributed by atoms with Crippen molar-refractivity contribution in [3.63, 3.8) is 0 Å². The zero-order chi connectivity index (χ0) is 15.2. The lowest BCUT2D eigenvalue weighted by molar-refractivity contribution is 0.262. The number of nitrogens with one attached hydrogen (secondary N) is 2. The summed E-state index contributed by atoms with van der Waals surface area (Å²) in [5.41, 5.74) is 6.65. The van der Waals surface area contributed by atoms with E-state index in [0.717, 1.165) is 0 Å². The molecule has 1 aromatic carbocycles. The molecule has 0 saturated heterocycles. The second kappa shape index (κ2) is 6.47. The summed E-state index contributed by atoms with van der Waals surface area (Å²) in [7, 11) is 3.02. The van der Waals surface area contributed by atoms with Gasteiger partial charge in [-0.05, 0) is 12.1 Å². The fraction of sp³-hybridized carbons (Fsp3) is 0.143. The Morgan fingerprint density at radius 2 is 1.86 bits per heavy atom. The maximum absolute atomic E-state index is 11.9. The van der Waals surface area contributed by atoms with E-state index in [4.69, 9.17) is 15.2 Å². The minimum absolute atomic E-state index is 0.365. The van der Waals surface area contributed by atoms with Gasteiger partial charge in [0, 0.05) is 18.3 Å². The number of hydrogen-bond acceptors (Lipinski definition) is 5. The highest BCUT2D eigenvalue weighted by atomic mass is 16.5. The van der Waals surface area contributed by atoms with Gasteiger partial charge in [0.2, 0.25) is 0 Å². The van der Waals surface area contributed by atoms with Crippen molar-refractivity contribution >= 4 is 23.2 Å². The van der Waals surface area contributed by atoms with Gasteiger partial charge in [-0.25, -0.2) is 9.78 Å². The molecule has 0 spiro atoms. The van der Waals surface area contributed by atoms with E-state index >= 15 is 0 Å². The van der Waals surface area contributed by atoms with E-state index in [1.54, 1.807) is 36.5 Å². The van der Waals surface area contributed by atoms with E-state index in [9.17, 15) is 4.79 Å². The standard InChI is InChI=1S/C14H16N4O3/c1-20-11-7-9(15)10(8-12(11)21-2)17-14(19)18-13-5-3-4-6-16-13/h3-8H,15H2,1-2H3,(H2,16,17,18,19). The van der Waals surface area contributed by atoms with Crippen LogP contribution in [0.2, 0.25) is 0 Å². The Labute approximate surface area is 122 Å². The summed E-state index contributed by atoms with van der Waals surface area (Å²) in [6.45, 7) is 0. The zero-order valence-corrected chi connectivity index (χ0v) is 11.7. The lowest BCUT2D eigenvalue weighted by atomic mass is 10.2. The maximum atomic E-state index is 11.9. The van der Waals surface area contributed by atoms with Crippen LogP contribution < -0.4 is 25.8 Å². The Kier molecular flexibility index (Phi) is 4.45. The number of methoxy groups -OCH3 is 2. The van der Waals surface area contributed by atoms with Crippen LogP contribution in [0, 0.1) is 0 Å². The fourth-order valence-corrected chi connectivity index (χ4v) is 1.71. The molecule has 1 aromatic heterocycles. The first-order valence-corrected chi connectivity index (χ1v) is 6.14. The molecule has 4 N–H and O–H groups in total. The van der Waals surface area contributed by atoms with Gasteiger partial charge >= 0.3 is 6.03 Å². The molecule has 0 bridgehead atoms. The van der Waals surface area contributed by atoms with Crippen molar-refractivity contribution in [3.8, 4) is 11.5 Å². The topological polar surface area (TPSA) is 98.5 Å². The minimum atomic E-state index is -0.451. The molecule has 2 aromatic rings. The Morgan fingerprint density at radius 3 is 2.48 bits per heavy atom. The molecule has 0 unspecified atom stereocenters. The second-order valence-corrected chi connectivity index (χ2v) is 4.09. The quantitative estimate of drug-likeness (QED) is 0.750. The molecule has 0 aliphatic rings. The molecule has 2 rings (SSSR count). The summed E-state index contributed by atoms with van der Waals surface area (Å²) in [6, 6.07) is 7.93. The van der Waals surface area contributed by atoms with Crippen LogP contribution in [0.1, 0.15) is 0 Å². The normalized spacial score (nSPS) is 9.81. The van der Waals surface area contributed by atoms with Crippen molar-refractivity contribution in [2.45, 2.75) is 0 Å². The van der Waals surface area contributed by atoms with Crippen molar-refractivity contribution < 1.29 is 14.3 Å². The van der Waals surface area contributed by atoms with E-state index < -0.39 is 6.03 Å². The van der Waals surface area contributed by atoms with Crippen LogP contribution in [0.3, 0.4) is 0 Å². The molecule has 21 heavy (non-hydrogen) atoms. The van der Waals surface area contributed by atoms with E-state index in [2.05, 4.69) is 15.6 Å². The number of aromatic nitrogens is 1. The largest absolute Gasteiger partial charge is 0.493 e. The van der Waals surface area contributed by atoms with Crippen LogP contribution in [0.25, 0.3) is 0 Å². The Morgan fingerprint density at radius 1 is 1.14 bits per heavy atom. The number of anilines is 3. The number of amides is 2. The maximum Gasteiger partial charge on any atom is 0.324 e. The number of benzene rings is 1. The molecule has 7 heteroatoms. The zero-order valence-electron chi connectivity index (χ0n) is 11.7. The fourth-order valence-electron chi connectivity index (χ4n) is 1.71. The van der Waals surface area contributed by atoms with E-state index in [-0.39, 0.29) is 0 Å². The third kappa shape index (κ3) is 3.53. The molecule has 0 aliphatic heterocycles. The Balaban J connectivity index is 2.14. The first-order chi connectivity index (χ1) is 10.1. The Hall–Kier alpha value is -2.96. The van der Waals surface area contributed by atoms with Gasteiger partial charge in [0.25, 0.3) is 0 Å². The SMILES string of the molecule is COc1cc(N)c(NC(=O)Nc2ccccn2)cc1OC. The number of urea groups is 1. The molecule has 1 heterocycles. The van der Waals surface area contributed by atoms with E-state index in [1.807, 2.05) is 0 Å². The van der Waals surface area contributed by atoms with Crippen molar-refractivity contribution in [2.24, 2.45) is 0 Å². The first-order valence-electron chi connectivity index (χ1n) is 6.14. The molecular weight excluding hydrogens is 272 g/mol. The molecule has 0 atom stereocenters. The van der Waals surface area contributed by atoms with Gasteiger partial charge in [0.15, 0.2) is 11.5 Å². The first kappa shape index (κ1) is 14.4. The van der Waals surface area contributed by atoms with Crippen LogP contribution in [0.4, 0.5) is 22.0 Å². The summed E-state index contributed by atoms with van der Waals surface area (Å²) in [6.07, 6.45) is 1.58. The average Bonchev–Trinajstić information content (AvgIpc) is 2.49. The predicted octanol–water partition coefficient (Wildman–Crippen LogP) is 2.33. The van der Waals surface area contributed by atoms with Gasteiger partial charge in [0.1, 0.15) is 5.82 Å². The van der Waals surface area contributed by atoms with Gasteiger partial charge in [0.05, 0.1) is 25.6 Å². The van der Waals surface area contributed by atoms with E-state index in [1.165, 1.54) is 14.2 Å². The van der Waals surface area contributed by atoms with Crippen molar-refractivity contribution in [3.05, 3.63) is 36.5 Å². The van der Waals surface area contributed by atoms with Crippen LogP contribution in [0.15, 0.2) is 36.5 Å². The lowest BCUT2D eigenvalue weighted by Crippen LogP contribution is -2.20. The molecule has 0 saturated carbocycles. The van der Waals surface area contributed by atoms with Gasteiger partial charge in [-0.2, -0.15) is 0 Å². The van der Waals surface area contributed by atoms with Gasteiger partial charge in [-0.3, -0.25) is 5.32 Å². The molecule has 7 nitrogen and oxygen atoms in total.